The summed E-state index contributed by atoms with van der Waals surface area (Å²) in [6, 6.07) is 8.45. The molecule has 20 heavy (non-hydrogen) atoms. The summed E-state index contributed by atoms with van der Waals surface area (Å²) in [6.07, 6.45) is 1.93. The van der Waals surface area contributed by atoms with E-state index in [2.05, 4.69) is 0 Å². The first kappa shape index (κ1) is 13.8. The van der Waals surface area contributed by atoms with E-state index in [0.717, 1.165) is 4.57 Å². The van der Waals surface area contributed by atoms with Crippen molar-refractivity contribution in [3.8, 4) is 5.69 Å². The molecular weight excluding hydrogens is 258 g/mol. The van der Waals surface area contributed by atoms with Gasteiger partial charge in [-0.2, -0.15) is 0 Å². The number of aromatic nitrogens is 2. The van der Waals surface area contributed by atoms with Crippen LogP contribution in [0.1, 0.15) is 23.7 Å². The third-order valence-electron chi connectivity index (χ3n) is 2.90. The number of nitrogens with zero attached hydrogens (tertiary/aromatic N) is 2. The first-order chi connectivity index (χ1) is 9.56. The lowest BCUT2D eigenvalue weighted by Gasteiger charge is -2.11. The smallest absolute Gasteiger partial charge is 0.335 e. The Kier molecular flexibility index (Phi) is 3.84. The van der Waals surface area contributed by atoms with Gasteiger partial charge in [0.25, 0.3) is 11.5 Å². The molecule has 0 spiro atoms. The number of nitrogens with two attached hydrogens (primary N) is 1. The summed E-state index contributed by atoms with van der Waals surface area (Å²) in [7, 11) is 0. The summed E-state index contributed by atoms with van der Waals surface area (Å²) in [4.78, 5) is 35.9. The number of aryl methyl sites for hydroxylation is 1. The number of amides is 1. The van der Waals surface area contributed by atoms with Crippen LogP contribution >= 0.6 is 0 Å². The van der Waals surface area contributed by atoms with Crippen molar-refractivity contribution in [2.24, 2.45) is 5.73 Å². The van der Waals surface area contributed by atoms with Gasteiger partial charge in [-0.05, 0) is 18.6 Å². The molecule has 1 aromatic heterocycles. The molecule has 104 valence electrons. The van der Waals surface area contributed by atoms with Crippen molar-refractivity contribution in [1.29, 1.82) is 0 Å². The Bertz CT molecular complexity index is 744. The summed E-state index contributed by atoms with van der Waals surface area (Å²) < 4.78 is 2.30. The lowest BCUT2D eigenvalue weighted by Crippen LogP contribution is -2.42. The zero-order chi connectivity index (χ0) is 14.7. The molecule has 0 saturated carbocycles. The molecule has 0 saturated heterocycles. The van der Waals surface area contributed by atoms with Gasteiger partial charge in [-0.25, -0.2) is 9.36 Å². The van der Waals surface area contributed by atoms with E-state index in [0.29, 0.717) is 18.7 Å². The van der Waals surface area contributed by atoms with Crippen LogP contribution in [0, 0.1) is 0 Å². The van der Waals surface area contributed by atoms with E-state index in [9.17, 15) is 14.4 Å². The van der Waals surface area contributed by atoms with Gasteiger partial charge >= 0.3 is 5.69 Å². The van der Waals surface area contributed by atoms with Gasteiger partial charge < -0.3 is 5.73 Å². The van der Waals surface area contributed by atoms with Crippen LogP contribution < -0.4 is 17.0 Å². The largest absolute Gasteiger partial charge is 0.365 e. The number of primary amides is 1. The Morgan fingerprint density at radius 2 is 1.85 bits per heavy atom. The van der Waals surface area contributed by atoms with Gasteiger partial charge in [0.15, 0.2) is 0 Å². The van der Waals surface area contributed by atoms with Gasteiger partial charge in [0, 0.05) is 12.7 Å². The standard InChI is InChI=1S/C14H15N3O3/c1-2-8-16-9-11(12(15)18)13(19)17(14(16)20)10-6-4-3-5-7-10/h3-7,9H,2,8H2,1H3,(H2,15,18). The van der Waals surface area contributed by atoms with Crippen LogP contribution in [-0.2, 0) is 6.54 Å². The molecule has 6 heteroatoms. The molecule has 2 rings (SSSR count). The van der Waals surface area contributed by atoms with Crippen molar-refractivity contribution < 1.29 is 4.79 Å². The highest BCUT2D eigenvalue weighted by atomic mass is 16.2. The lowest BCUT2D eigenvalue weighted by atomic mass is 10.2. The highest BCUT2D eigenvalue weighted by Crippen LogP contribution is 2.02. The van der Waals surface area contributed by atoms with Crippen LogP contribution in [0.25, 0.3) is 5.69 Å². The predicted octanol–water partition coefficient (Wildman–Crippen LogP) is 0.508. The second-order valence-corrected chi connectivity index (χ2v) is 4.36. The molecule has 0 fully saturated rings. The third kappa shape index (κ3) is 2.40. The fourth-order valence-electron chi connectivity index (χ4n) is 1.98. The highest BCUT2D eigenvalue weighted by molar-refractivity contribution is 5.92. The van der Waals surface area contributed by atoms with Gasteiger partial charge in [0.2, 0.25) is 0 Å². The van der Waals surface area contributed by atoms with Crippen LogP contribution in [0.3, 0.4) is 0 Å². The molecule has 0 aliphatic carbocycles. The Hall–Kier alpha value is -2.63. The first-order valence-electron chi connectivity index (χ1n) is 6.28. The van der Waals surface area contributed by atoms with E-state index in [-0.39, 0.29) is 5.56 Å². The summed E-state index contributed by atoms with van der Waals surface area (Å²) >= 11 is 0. The fraction of sp³-hybridized carbons (Fsp3) is 0.214. The Balaban J connectivity index is 2.82. The molecule has 6 nitrogen and oxygen atoms in total. The van der Waals surface area contributed by atoms with E-state index >= 15 is 0 Å². The number of carbonyl (C=O) groups is 1. The molecule has 1 aromatic carbocycles. The molecular formula is C14H15N3O3. The molecule has 0 atom stereocenters. The van der Waals surface area contributed by atoms with Crippen molar-refractivity contribution >= 4 is 5.91 Å². The minimum Gasteiger partial charge on any atom is -0.365 e. The van der Waals surface area contributed by atoms with Crippen LogP contribution in [0.4, 0.5) is 0 Å². The summed E-state index contributed by atoms with van der Waals surface area (Å²) in [6.45, 7) is 2.31. The van der Waals surface area contributed by atoms with Crippen molar-refractivity contribution in [3.63, 3.8) is 0 Å². The molecule has 0 aliphatic heterocycles. The first-order valence-corrected chi connectivity index (χ1v) is 6.28. The van der Waals surface area contributed by atoms with E-state index in [1.54, 1.807) is 30.3 Å². The lowest BCUT2D eigenvalue weighted by molar-refractivity contribution is 0.0997. The number of hydrogen-bond acceptors (Lipinski definition) is 3. The summed E-state index contributed by atoms with van der Waals surface area (Å²) in [5, 5.41) is 0. The molecule has 0 unspecified atom stereocenters. The molecule has 2 aromatic rings. The zero-order valence-corrected chi connectivity index (χ0v) is 11.1. The van der Waals surface area contributed by atoms with Gasteiger partial charge in [-0.15, -0.1) is 0 Å². The van der Waals surface area contributed by atoms with Crippen molar-refractivity contribution in [1.82, 2.24) is 9.13 Å². The van der Waals surface area contributed by atoms with Gasteiger partial charge in [0.05, 0.1) is 5.69 Å². The average Bonchev–Trinajstić information content (AvgIpc) is 2.43. The minimum atomic E-state index is -0.843. The van der Waals surface area contributed by atoms with Crippen LogP contribution in [0.15, 0.2) is 46.1 Å². The van der Waals surface area contributed by atoms with E-state index in [1.807, 2.05) is 6.92 Å². The Morgan fingerprint density at radius 3 is 2.40 bits per heavy atom. The molecule has 0 radical (unpaired) electrons. The molecule has 0 aliphatic rings. The molecule has 1 heterocycles. The zero-order valence-electron chi connectivity index (χ0n) is 11.1. The number of hydrogen-bond donors (Lipinski definition) is 1. The minimum absolute atomic E-state index is 0.193. The maximum atomic E-state index is 12.3. The highest BCUT2D eigenvalue weighted by Gasteiger charge is 2.15. The summed E-state index contributed by atoms with van der Waals surface area (Å²) in [5.41, 5.74) is 4.26. The fourth-order valence-corrected chi connectivity index (χ4v) is 1.98. The van der Waals surface area contributed by atoms with E-state index in [1.165, 1.54) is 10.8 Å². The number of benzene rings is 1. The van der Waals surface area contributed by atoms with Crippen molar-refractivity contribution in [3.05, 3.63) is 62.9 Å². The van der Waals surface area contributed by atoms with Crippen molar-refractivity contribution in [2.45, 2.75) is 19.9 Å². The Morgan fingerprint density at radius 1 is 1.20 bits per heavy atom. The van der Waals surface area contributed by atoms with Crippen LogP contribution in [-0.4, -0.2) is 15.0 Å². The molecule has 0 bridgehead atoms. The van der Waals surface area contributed by atoms with E-state index in [4.69, 9.17) is 5.73 Å². The quantitative estimate of drug-likeness (QED) is 0.880. The SMILES string of the molecule is CCCn1cc(C(N)=O)c(=O)n(-c2ccccc2)c1=O. The Labute approximate surface area is 115 Å². The van der Waals surface area contributed by atoms with Crippen LogP contribution in [0.2, 0.25) is 0 Å². The van der Waals surface area contributed by atoms with E-state index < -0.39 is 17.2 Å². The summed E-state index contributed by atoms with van der Waals surface area (Å²) in [5.74, 6) is -0.843. The molecule has 2 N–H and O–H groups in total. The second kappa shape index (κ2) is 5.56. The van der Waals surface area contributed by atoms with Crippen molar-refractivity contribution in [2.75, 3.05) is 0 Å². The number of rotatable bonds is 4. The van der Waals surface area contributed by atoms with Gasteiger partial charge in [-0.1, -0.05) is 25.1 Å². The number of para-hydroxylation sites is 1. The molecule has 1 amide bonds. The number of carbonyl (C=O) groups excluding carboxylic acids is 1. The third-order valence-corrected chi connectivity index (χ3v) is 2.90. The van der Waals surface area contributed by atoms with Gasteiger partial charge in [-0.3, -0.25) is 14.2 Å². The van der Waals surface area contributed by atoms with Gasteiger partial charge in [0.1, 0.15) is 5.56 Å². The second-order valence-electron chi connectivity index (χ2n) is 4.36. The maximum Gasteiger partial charge on any atom is 0.335 e. The average molecular weight is 273 g/mol. The predicted molar refractivity (Wildman–Crippen MR) is 75.1 cm³/mol. The topological polar surface area (TPSA) is 87.1 Å². The monoisotopic (exact) mass is 273 g/mol. The maximum absolute atomic E-state index is 12.3. The normalized spacial score (nSPS) is 10.4. The van der Waals surface area contributed by atoms with Crippen LogP contribution in [0.5, 0.6) is 0 Å².